The van der Waals surface area contributed by atoms with Gasteiger partial charge in [-0.2, -0.15) is 27.2 Å². The standard InChI is InChI=1S/C20H19F5N6O4/c1-4-30-14(8-32)29-31(19(30)34)16-12(21)6-11(18(28-16)35-10(3)20(23,24)25)17(33)27-13-5-9(2)7-26-15(13)22/h5-7,10,32H,4,8H2,1-3H3,(H,27,33)/t10-/m0/s1. The lowest BCUT2D eigenvalue weighted by molar-refractivity contribution is -0.190. The third kappa shape index (κ3) is 5.29. The van der Waals surface area contributed by atoms with Crippen molar-refractivity contribution in [1.29, 1.82) is 0 Å². The van der Waals surface area contributed by atoms with E-state index in [0.29, 0.717) is 23.2 Å². The van der Waals surface area contributed by atoms with Gasteiger partial charge in [0.2, 0.25) is 11.8 Å². The second-order valence-corrected chi connectivity index (χ2v) is 7.27. The first kappa shape index (κ1) is 25.7. The number of nitrogens with zero attached hydrogens (tertiary/aromatic N) is 5. The number of halogens is 5. The van der Waals surface area contributed by atoms with Gasteiger partial charge in [-0.3, -0.25) is 9.36 Å². The molecule has 0 saturated carbocycles. The number of anilines is 1. The number of nitrogens with one attached hydrogen (secondary N) is 1. The monoisotopic (exact) mass is 502 g/mol. The lowest BCUT2D eigenvalue weighted by atomic mass is 10.2. The average Bonchev–Trinajstić information content (AvgIpc) is 3.11. The molecule has 0 radical (unpaired) electrons. The molecule has 3 heterocycles. The van der Waals surface area contributed by atoms with Crippen LogP contribution in [0.5, 0.6) is 5.88 Å². The number of ether oxygens (including phenoxy) is 1. The van der Waals surface area contributed by atoms with Crippen LogP contribution >= 0.6 is 0 Å². The molecule has 1 atom stereocenters. The highest BCUT2D eigenvalue weighted by atomic mass is 19.4. The first-order chi connectivity index (χ1) is 16.4. The van der Waals surface area contributed by atoms with Gasteiger partial charge in [-0.15, -0.1) is 5.10 Å². The molecule has 0 aromatic carbocycles. The summed E-state index contributed by atoms with van der Waals surface area (Å²) in [7, 11) is 0. The number of pyridine rings is 2. The van der Waals surface area contributed by atoms with Crippen molar-refractivity contribution in [2.45, 2.75) is 46.2 Å². The Balaban J connectivity index is 2.14. The van der Waals surface area contributed by atoms with E-state index in [4.69, 9.17) is 4.74 Å². The summed E-state index contributed by atoms with van der Waals surface area (Å²) in [6.45, 7) is 3.07. The predicted octanol–water partition coefficient (Wildman–Crippen LogP) is 2.50. The minimum Gasteiger partial charge on any atom is -0.464 e. The summed E-state index contributed by atoms with van der Waals surface area (Å²) in [4.78, 5) is 32.3. The number of aliphatic hydroxyl groups excluding tert-OH is 1. The van der Waals surface area contributed by atoms with Crippen LogP contribution in [-0.2, 0) is 13.2 Å². The van der Waals surface area contributed by atoms with Crippen molar-refractivity contribution in [3.8, 4) is 11.7 Å². The molecule has 0 saturated heterocycles. The molecule has 0 spiro atoms. The molecule has 0 fully saturated rings. The number of aliphatic hydroxyl groups is 1. The molecule has 3 aromatic heterocycles. The topological polar surface area (TPSA) is 124 Å². The zero-order chi connectivity index (χ0) is 26.1. The Morgan fingerprint density at radius 1 is 1.29 bits per heavy atom. The van der Waals surface area contributed by atoms with Crippen molar-refractivity contribution >= 4 is 11.6 Å². The third-order valence-corrected chi connectivity index (χ3v) is 4.74. The number of alkyl halides is 3. The molecular formula is C20H19F5N6O4. The molecule has 1 amide bonds. The van der Waals surface area contributed by atoms with Crippen molar-refractivity contribution in [2.24, 2.45) is 0 Å². The van der Waals surface area contributed by atoms with E-state index in [0.717, 1.165) is 4.57 Å². The number of aryl methyl sites for hydroxylation is 1. The quantitative estimate of drug-likeness (QED) is 0.376. The van der Waals surface area contributed by atoms with Crippen LogP contribution in [0.4, 0.5) is 27.6 Å². The van der Waals surface area contributed by atoms with Crippen LogP contribution in [-0.4, -0.2) is 47.6 Å². The van der Waals surface area contributed by atoms with Crippen LogP contribution in [0.15, 0.2) is 23.1 Å². The van der Waals surface area contributed by atoms with Crippen LogP contribution in [0.25, 0.3) is 5.82 Å². The Morgan fingerprint density at radius 2 is 1.97 bits per heavy atom. The summed E-state index contributed by atoms with van der Waals surface area (Å²) in [6.07, 6.45) is -6.20. The molecular weight excluding hydrogens is 483 g/mol. The first-order valence-electron chi connectivity index (χ1n) is 10.0. The summed E-state index contributed by atoms with van der Waals surface area (Å²) in [5.41, 5.74) is -1.72. The molecule has 0 aliphatic rings. The molecule has 2 N–H and O–H groups in total. The van der Waals surface area contributed by atoms with Gasteiger partial charge in [0.1, 0.15) is 12.2 Å². The van der Waals surface area contributed by atoms with Crippen LogP contribution in [0.1, 0.15) is 35.6 Å². The van der Waals surface area contributed by atoms with Gasteiger partial charge in [0.05, 0.1) is 5.69 Å². The van der Waals surface area contributed by atoms with Crippen LogP contribution in [0, 0.1) is 18.7 Å². The normalized spacial score (nSPS) is 12.5. The number of hydrogen-bond acceptors (Lipinski definition) is 7. The number of carbonyl (C=O) groups excluding carboxylic acids is 1. The molecule has 0 aliphatic heterocycles. The molecule has 3 aromatic rings. The average molecular weight is 502 g/mol. The second kappa shape index (κ2) is 9.77. The Bertz CT molecular complexity index is 1320. The molecule has 35 heavy (non-hydrogen) atoms. The molecule has 0 bridgehead atoms. The Hall–Kier alpha value is -3.88. The van der Waals surface area contributed by atoms with E-state index in [1.54, 1.807) is 13.8 Å². The fraction of sp³-hybridized carbons (Fsp3) is 0.350. The van der Waals surface area contributed by atoms with Gasteiger partial charge < -0.3 is 15.2 Å². The van der Waals surface area contributed by atoms with Crippen molar-refractivity contribution in [3.63, 3.8) is 0 Å². The molecule has 188 valence electrons. The Morgan fingerprint density at radius 3 is 2.54 bits per heavy atom. The predicted molar refractivity (Wildman–Crippen MR) is 110 cm³/mol. The van der Waals surface area contributed by atoms with Gasteiger partial charge in [-0.05, 0) is 38.5 Å². The highest BCUT2D eigenvalue weighted by Crippen LogP contribution is 2.28. The van der Waals surface area contributed by atoms with Crippen LogP contribution in [0.3, 0.4) is 0 Å². The molecule has 0 unspecified atom stereocenters. The highest BCUT2D eigenvalue weighted by Gasteiger charge is 2.39. The number of rotatable bonds is 7. The van der Waals surface area contributed by atoms with Gasteiger partial charge in [0.25, 0.3) is 5.91 Å². The lowest BCUT2D eigenvalue weighted by Gasteiger charge is -2.19. The van der Waals surface area contributed by atoms with E-state index in [1.807, 2.05) is 0 Å². The largest absolute Gasteiger partial charge is 0.464 e. The van der Waals surface area contributed by atoms with Crippen molar-refractivity contribution in [3.05, 3.63) is 57.5 Å². The smallest absolute Gasteiger partial charge is 0.425 e. The second-order valence-electron chi connectivity index (χ2n) is 7.27. The molecule has 0 aliphatic carbocycles. The lowest BCUT2D eigenvalue weighted by Crippen LogP contribution is -2.33. The minimum absolute atomic E-state index is 0.0430. The first-order valence-corrected chi connectivity index (χ1v) is 10.0. The fourth-order valence-electron chi connectivity index (χ4n) is 2.94. The van der Waals surface area contributed by atoms with Gasteiger partial charge in [0, 0.05) is 12.7 Å². The van der Waals surface area contributed by atoms with Crippen molar-refractivity contribution < 1.29 is 36.6 Å². The summed E-state index contributed by atoms with van der Waals surface area (Å²) >= 11 is 0. The van der Waals surface area contributed by atoms with E-state index < -0.39 is 65.2 Å². The zero-order valence-electron chi connectivity index (χ0n) is 18.5. The molecule has 3 rings (SSSR count). The maximum atomic E-state index is 15.0. The van der Waals surface area contributed by atoms with Crippen LogP contribution in [0.2, 0.25) is 0 Å². The van der Waals surface area contributed by atoms with Gasteiger partial charge in [-0.25, -0.2) is 14.2 Å². The SMILES string of the molecule is CCn1c(CO)nn(-c2nc(O[C@@H](C)C(F)(F)F)c(C(=O)Nc3cc(C)cnc3F)cc2F)c1=O. The Labute approximate surface area is 194 Å². The van der Waals surface area contributed by atoms with Crippen molar-refractivity contribution in [1.82, 2.24) is 24.3 Å². The van der Waals surface area contributed by atoms with E-state index in [2.05, 4.69) is 20.4 Å². The number of amides is 1. The molecule has 10 nitrogen and oxygen atoms in total. The summed E-state index contributed by atoms with van der Waals surface area (Å²) in [5.74, 6) is -5.68. The van der Waals surface area contributed by atoms with E-state index in [1.165, 1.54) is 12.3 Å². The Kier molecular flexibility index (Phi) is 7.19. The van der Waals surface area contributed by atoms with E-state index in [9.17, 15) is 36.6 Å². The van der Waals surface area contributed by atoms with Gasteiger partial charge in [-0.1, -0.05) is 0 Å². The maximum absolute atomic E-state index is 15.0. The number of hydrogen-bond donors (Lipinski definition) is 2. The van der Waals surface area contributed by atoms with Gasteiger partial charge in [0.15, 0.2) is 23.6 Å². The third-order valence-electron chi connectivity index (χ3n) is 4.74. The summed E-state index contributed by atoms with van der Waals surface area (Å²) in [5, 5.41) is 15.2. The van der Waals surface area contributed by atoms with Crippen molar-refractivity contribution in [2.75, 3.05) is 5.32 Å². The van der Waals surface area contributed by atoms with E-state index >= 15 is 0 Å². The number of aromatic nitrogens is 5. The fourth-order valence-corrected chi connectivity index (χ4v) is 2.94. The number of carbonyl (C=O) groups is 1. The minimum atomic E-state index is -4.89. The highest BCUT2D eigenvalue weighted by molar-refractivity contribution is 6.06. The zero-order valence-corrected chi connectivity index (χ0v) is 18.5. The summed E-state index contributed by atoms with van der Waals surface area (Å²) < 4.78 is 74.6. The van der Waals surface area contributed by atoms with E-state index in [-0.39, 0.29) is 12.4 Å². The molecule has 15 heteroatoms. The maximum Gasteiger partial charge on any atom is 0.425 e. The van der Waals surface area contributed by atoms with Crippen LogP contribution < -0.4 is 15.7 Å². The summed E-state index contributed by atoms with van der Waals surface area (Å²) in [6, 6.07) is 1.68. The van der Waals surface area contributed by atoms with Gasteiger partial charge >= 0.3 is 11.9 Å².